The van der Waals surface area contributed by atoms with Crippen molar-refractivity contribution in [3.8, 4) is 11.5 Å². The van der Waals surface area contributed by atoms with E-state index in [-0.39, 0.29) is 5.91 Å². The monoisotopic (exact) mass is 333 g/mol. The van der Waals surface area contributed by atoms with Crippen molar-refractivity contribution in [3.63, 3.8) is 0 Å². The third-order valence-corrected chi connectivity index (χ3v) is 3.64. The van der Waals surface area contributed by atoms with Crippen LogP contribution in [-0.2, 0) is 0 Å². The third-order valence-electron chi connectivity index (χ3n) is 3.24. The van der Waals surface area contributed by atoms with Crippen LogP contribution in [0.15, 0.2) is 36.4 Å². The van der Waals surface area contributed by atoms with E-state index in [1.807, 2.05) is 32.9 Å². The fraction of sp³-hybridized carbons (Fsp3) is 0.278. The van der Waals surface area contributed by atoms with E-state index in [4.69, 9.17) is 21.1 Å². The average molecular weight is 334 g/mol. The highest BCUT2D eigenvalue weighted by atomic mass is 35.5. The first-order chi connectivity index (χ1) is 11.0. The van der Waals surface area contributed by atoms with Crippen LogP contribution in [-0.4, -0.2) is 19.1 Å². The van der Waals surface area contributed by atoms with Gasteiger partial charge < -0.3 is 14.8 Å². The molecule has 0 aliphatic rings. The first-order valence-corrected chi connectivity index (χ1v) is 7.90. The molecule has 0 radical (unpaired) electrons. The Balaban J connectivity index is 2.21. The van der Waals surface area contributed by atoms with Gasteiger partial charge in [-0.2, -0.15) is 0 Å². The van der Waals surface area contributed by atoms with E-state index in [1.165, 1.54) is 0 Å². The van der Waals surface area contributed by atoms with Crippen LogP contribution in [0.3, 0.4) is 0 Å². The number of carbonyl (C=O) groups is 1. The van der Waals surface area contributed by atoms with Crippen LogP contribution in [0.1, 0.15) is 29.8 Å². The van der Waals surface area contributed by atoms with Gasteiger partial charge in [0, 0.05) is 16.3 Å². The minimum Gasteiger partial charge on any atom is -0.490 e. The van der Waals surface area contributed by atoms with Crippen LogP contribution >= 0.6 is 11.6 Å². The summed E-state index contributed by atoms with van der Waals surface area (Å²) in [6.07, 6.45) is 0. The van der Waals surface area contributed by atoms with Crippen LogP contribution in [0, 0.1) is 6.92 Å². The van der Waals surface area contributed by atoms with Crippen LogP contribution < -0.4 is 14.8 Å². The molecule has 1 amide bonds. The predicted molar refractivity (Wildman–Crippen MR) is 92.9 cm³/mol. The van der Waals surface area contributed by atoms with E-state index in [0.29, 0.717) is 41.0 Å². The first-order valence-electron chi connectivity index (χ1n) is 7.52. The molecule has 0 aromatic heterocycles. The molecule has 5 heteroatoms. The van der Waals surface area contributed by atoms with Crippen molar-refractivity contribution in [1.29, 1.82) is 0 Å². The van der Waals surface area contributed by atoms with Gasteiger partial charge in [-0.25, -0.2) is 0 Å². The fourth-order valence-electron chi connectivity index (χ4n) is 2.07. The second-order valence-corrected chi connectivity index (χ2v) is 5.35. The van der Waals surface area contributed by atoms with Gasteiger partial charge in [0.2, 0.25) is 0 Å². The molecule has 23 heavy (non-hydrogen) atoms. The molecule has 2 aromatic rings. The van der Waals surface area contributed by atoms with Gasteiger partial charge in [0.1, 0.15) is 0 Å². The quantitative estimate of drug-likeness (QED) is 0.833. The van der Waals surface area contributed by atoms with Gasteiger partial charge in [-0.05, 0) is 56.7 Å². The predicted octanol–water partition coefficient (Wildman–Crippen LogP) is 4.70. The van der Waals surface area contributed by atoms with Crippen molar-refractivity contribution in [2.24, 2.45) is 0 Å². The molecular formula is C18H20ClNO3. The summed E-state index contributed by atoms with van der Waals surface area (Å²) in [5.74, 6) is 0.960. The standard InChI is InChI=1S/C18H20ClNO3/c1-4-22-16-9-7-13(10-17(16)23-5-2)18(21)20-14-8-6-12(3)15(19)11-14/h6-11H,4-5H2,1-3H3,(H,20,21). The van der Waals surface area contributed by atoms with Crippen LogP contribution in [0.4, 0.5) is 5.69 Å². The molecular weight excluding hydrogens is 314 g/mol. The molecule has 122 valence electrons. The number of hydrogen-bond donors (Lipinski definition) is 1. The van der Waals surface area contributed by atoms with E-state index in [9.17, 15) is 4.79 Å². The molecule has 4 nitrogen and oxygen atoms in total. The maximum atomic E-state index is 12.4. The normalized spacial score (nSPS) is 10.3. The third kappa shape index (κ3) is 4.39. The van der Waals surface area contributed by atoms with E-state index in [0.717, 1.165) is 5.56 Å². The van der Waals surface area contributed by atoms with E-state index < -0.39 is 0 Å². The Morgan fingerprint density at radius 1 is 1.04 bits per heavy atom. The average Bonchev–Trinajstić information content (AvgIpc) is 2.53. The SMILES string of the molecule is CCOc1ccc(C(=O)Nc2ccc(C)c(Cl)c2)cc1OCC. The topological polar surface area (TPSA) is 47.6 Å². The minimum atomic E-state index is -0.228. The van der Waals surface area contributed by atoms with Gasteiger partial charge in [0.05, 0.1) is 13.2 Å². The van der Waals surface area contributed by atoms with Crippen molar-refractivity contribution in [2.45, 2.75) is 20.8 Å². The lowest BCUT2D eigenvalue weighted by molar-refractivity contribution is 0.102. The summed E-state index contributed by atoms with van der Waals surface area (Å²) in [4.78, 5) is 12.4. The molecule has 0 aliphatic heterocycles. The molecule has 0 fully saturated rings. The molecule has 1 N–H and O–H groups in total. The summed E-state index contributed by atoms with van der Waals surface area (Å²) in [7, 11) is 0. The number of nitrogens with one attached hydrogen (secondary N) is 1. The Morgan fingerprint density at radius 2 is 1.74 bits per heavy atom. The zero-order chi connectivity index (χ0) is 16.8. The maximum absolute atomic E-state index is 12.4. The van der Waals surface area contributed by atoms with Crippen molar-refractivity contribution in [1.82, 2.24) is 0 Å². The number of carbonyl (C=O) groups excluding carboxylic acids is 1. The van der Waals surface area contributed by atoms with Gasteiger partial charge in [0.25, 0.3) is 5.91 Å². The molecule has 0 unspecified atom stereocenters. The highest BCUT2D eigenvalue weighted by molar-refractivity contribution is 6.31. The molecule has 2 aromatic carbocycles. The van der Waals surface area contributed by atoms with E-state index >= 15 is 0 Å². The summed E-state index contributed by atoms with van der Waals surface area (Å²) < 4.78 is 11.0. The Kier molecular flexibility index (Phi) is 5.88. The van der Waals surface area contributed by atoms with Crippen LogP contribution in [0.25, 0.3) is 0 Å². The van der Waals surface area contributed by atoms with Crippen molar-refractivity contribution < 1.29 is 14.3 Å². The zero-order valence-corrected chi connectivity index (χ0v) is 14.2. The zero-order valence-electron chi connectivity index (χ0n) is 13.5. The van der Waals surface area contributed by atoms with E-state index in [2.05, 4.69) is 5.32 Å². The molecule has 0 saturated carbocycles. The second-order valence-electron chi connectivity index (χ2n) is 4.95. The molecule has 0 atom stereocenters. The second kappa shape index (κ2) is 7.88. The number of halogens is 1. The Morgan fingerprint density at radius 3 is 2.39 bits per heavy atom. The van der Waals surface area contributed by atoms with E-state index in [1.54, 1.807) is 24.3 Å². The number of hydrogen-bond acceptors (Lipinski definition) is 3. The maximum Gasteiger partial charge on any atom is 0.255 e. The summed E-state index contributed by atoms with van der Waals surface area (Å²) in [5, 5.41) is 3.44. The lowest BCUT2D eigenvalue weighted by atomic mass is 10.1. The molecule has 0 aliphatic carbocycles. The van der Waals surface area contributed by atoms with Gasteiger partial charge >= 0.3 is 0 Å². The number of aryl methyl sites for hydroxylation is 1. The first kappa shape index (κ1) is 17.2. The highest BCUT2D eigenvalue weighted by Gasteiger charge is 2.12. The van der Waals surface area contributed by atoms with Gasteiger partial charge in [0.15, 0.2) is 11.5 Å². The van der Waals surface area contributed by atoms with Gasteiger partial charge in [-0.1, -0.05) is 17.7 Å². The summed E-state index contributed by atoms with van der Waals surface area (Å²) in [6, 6.07) is 10.5. The summed E-state index contributed by atoms with van der Waals surface area (Å²) >= 11 is 6.08. The Hall–Kier alpha value is -2.20. The number of amides is 1. The van der Waals surface area contributed by atoms with Gasteiger partial charge in [-0.15, -0.1) is 0 Å². The number of benzene rings is 2. The molecule has 2 rings (SSSR count). The smallest absolute Gasteiger partial charge is 0.255 e. The molecule has 0 spiro atoms. The molecule has 0 bridgehead atoms. The highest BCUT2D eigenvalue weighted by Crippen LogP contribution is 2.29. The Bertz CT molecular complexity index is 701. The molecule has 0 saturated heterocycles. The van der Waals surface area contributed by atoms with Crippen molar-refractivity contribution in [2.75, 3.05) is 18.5 Å². The number of anilines is 1. The van der Waals surface area contributed by atoms with Crippen molar-refractivity contribution in [3.05, 3.63) is 52.5 Å². The van der Waals surface area contributed by atoms with Crippen LogP contribution in [0.2, 0.25) is 5.02 Å². The fourth-order valence-corrected chi connectivity index (χ4v) is 2.25. The Labute approximate surface area is 141 Å². The lowest BCUT2D eigenvalue weighted by Gasteiger charge is -2.12. The van der Waals surface area contributed by atoms with Crippen LogP contribution in [0.5, 0.6) is 11.5 Å². The van der Waals surface area contributed by atoms with Crippen molar-refractivity contribution >= 4 is 23.2 Å². The summed E-state index contributed by atoms with van der Waals surface area (Å²) in [5.41, 5.74) is 2.11. The lowest BCUT2D eigenvalue weighted by Crippen LogP contribution is -2.12. The number of ether oxygens (including phenoxy) is 2. The summed E-state index contributed by atoms with van der Waals surface area (Å²) in [6.45, 7) is 6.73. The largest absolute Gasteiger partial charge is 0.490 e. The molecule has 0 heterocycles. The van der Waals surface area contributed by atoms with Gasteiger partial charge in [-0.3, -0.25) is 4.79 Å². The minimum absolute atomic E-state index is 0.228. The number of rotatable bonds is 6.